The smallest absolute Gasteiger partial charge is 0.243 e. The lowest BCUT2D eigenvalue weighted by Gasteiger charge is -2.26. The van der Waals surface area contributed by atoms with Crippen LogP contribution in [0.4, 0.5) is 0 Å². The fraction of sp³-hybridized carbons (Fsp3) is 0.759. The summed E-state index contributed by atoms with van der Waals surface area (Å²) in [6, 6.07) is -5.16. The van der Waals surface area contributed by atoms with Crippen molar-refractivity contribution >= 4 is 41.8 Å². The zero-order valence-corrected chi connectivity index (χ0v) is 26.9. The van der Waals surface area contributed by atoms with E-state index in [4.69, 9.17) is 28.3 Å². The zero-order chi connectivity index (χ0) is 34.4. The lowest BCUT2D eigenvalue weighted by molar-refractivity contribution is -0.134. The summed E-state index contributed by atoms with van der Waals surface area (Å²) >= 11 is 0. The molecule has 257 valence electrons. The molecule has 14 N–H and O–H groups in total. The van der Waals surface area contributed by atoms with Crippen LogP contribution >= 0.6 is 0 Å². The topological polar surface area (TPSA) is 290 Å². The van der Waals surface area contributed by atoms with Crippen LogP contribution in [0, 0.1) is 11.3 Å². The van der Waals surface area contributed by atoms with Gasteiger partial charge in [-0.2, -0.15) is 0 Å². The molecule has 16 heteroatoms. The van der Waals surface area contributed by atoms with E-state index in [2.05, 4.69) is 26.6 Å². The molecule has 0 aliphatic rings. The summed E-state index contributed by atoms with van der Waals surface area (Å²) in [5.74, 6) is -3.36. The van der Waals surface area contributed by atoms with Gasteiger partial charge in [-0.05, 0) is 63.8 Å². The second-order valence-electron chi connectivity index (χ2n) is 11.5. The number of nitrogens with two attached hydrogens (primary N) is 4. The molecule has 0 saturated heterocycles. The van der Waals surface area contributed by atoms with Gasteiger partial charge in [0.05, 0.1) is 12.1 Å². The number of primary amides is 1. The van der Waals surface area contributed by atoms with Gasteiger partial charge in [-0.25, -0.2) is 0 Å². The van der Waals surface area contributed by atoms with Gasteiger partial charge < -0.3 is 49.5 Å². The van der Waals surface area contributed by atoms with Crippen molar-refractivity contribution in [1.29, 1.82) is 5.41 Å². The number of guanidine groups is 1. The van der Waals surface area contributed by atoms with Gasteiger partial charge in [-0.1, -0.05) is 33.6 Å². The zero-order valence-electron chi connectivity index (χ0n) is 26.9. The molecule has 5 amide bonds. The molecule has 0 heterocycles. The molecule has 16 nitrogen and oxygen atoms in total. The maximum Gasteiger partial charge on any atom is 0.243 e. The number of hydrogen-bond acceptors (Lipinski definition) is 9. The third-order valence-electron chi connectivity index (χ3n) is 6.88. The molecule has 0 rings (SSSR count). The molecule has 0 spiro atoms. The van der Waals surface area contributed by atoms with Gasteiger partial charge in [-0.15, -0.1) is 0 Å². The first-order valence-corrected chi connectivity index (χ1v) is 15.7. The first-order chi connectivity index (χ1) is 21.2. The minimum absolute atomic E-state index is 0.134. The van der Waals surface area contributed by atoms with E-state index in [9.17, 15) is 28.8 Å². The Balaban J connectivity index is 5.94. The normalized spacial score (nSPS) is 14.3. The number of nitrogens with one attached hydrogen (secondary N) is 6. The lowest BCUT2D eigenvalue weighted by Crippen LogP contribution is -2.58. The molecular weight excluding hydrogens is 584 g/mol. The molecule has 0 aromatic heterocycles. The monoisotopic (exact) mass is 639 g/mol. The minimum Gasteiger partial charge on any atom is -0.370 e. The van der Waals surface area contributed by atoms with Crippen molar-refractivity contribution in [3.63, 3.8) is 0 Å². The van der Waals surface area contributed by atoms with Crippen LogP contribution in [0.1, 0.15) is 91.4 Å². The highest BCUT2D eigenvalue weighted by Gasteiger charge is 2.31. The van der Waals surface area contributed by atoms with Gasteiger partial charge in [0, 0.05) is 13.0 Å². The Labute approximate surface area is 266 Å². The van der Waals surface area contributed by atoms with E-state index in [0.29, 0.717) is 45.1 Å². The molecule has 0 aliphatic heterocycles. The van der Waals surface area contributed by atoms with Crippen LogP contribution in [-0.2, 0) is 28.8 Å². The fourth-order valence-electron chi connectivity index (χ4n) is 4.39. The maximum absolute atomic E-state index is 13.5. The van der Waals surface area contributed by atoms with E-state index in [0.717, 1.165) is 6.42 Å². The highest BCUT2D eigenvalue weighted by molar-refractivity contribution is 5.95. The third-order valence-corrected chi connectivity index (χ3v) is 6.88. The Kier molecular flexibility index (Phi) is 21.6. The van der Waals surface area contributed by atoms with Gasteiger partial charge >= 0.3 is 0 Å². The van der Waals surface area contributed by atoms with Crippen molar-refractivity contribution in [3.8, 4) is 0 Å². The van der Waals surface area contributed by atoms with Crippen LogP contribution in [0.5, 0.6) is 0 Å². The standard InChI is InChI=1S/C29H55N10O6/c1-4-5-9-19(17-40)36-26(43)23(12-13-24(32)41)39-27(44)21(10-6-7-14-30)38-28(45)22(11-8-15-35-29(33)34)37-25(42)20(31)16-18(2)3/h18-23H,4-16,30-31H2,1-3H3,(H2,32,41)(H,36,43)(H,37,42)(H,38,45)(H,39,44)(H4,33,34,35)/t19-,20-,21-,22-,23-/m0/s1. The van der Waals surface area contributed by atoms with Crippen LogP contribution in [0.2, 0.25) is 0 Å². The Morgan fingerprint density at radius 2 is 1.29 bits per heavy atom. The third kappa shape index (κ3) is 19.3. The van der Waals surface area contributed by atoms with Gasteiger partial charge in [0.15, 0.2) is 5.96 Å². The summed E-state index contributed by atoms with van der Waals surface area (Å²) in [6.45, 7) is 6.37. The van der Waals surface area contributed by atoms with E-state index in [-0.39, 0.29) is 44.1 Å². The Morgan fingerprint density at radius 3 is 1.78 bits per heavy atom. The van der Waals surface area contributed by atoms with E-state index >= 15 is 0 Å². The second-order valence-corrected chi connectivity index (χ2v) is 11.5. The van der Waals surface area contributed by atoms with Crippen LogP contribution in [0.25, 0.3) is 0 Å². The molecule has 0 saturated carbocycles. The summed E-state index contributed by atoms with van der Waals surface area (Å²) in [5, 5.41) is 20.4. The first-order valence-electron chi connectivity index (χ1n) is 15.7. The number of amides is 5. The quantitative estimate of drug-likeness (QED) is 0.0305. The largest absolute Gasteiger partial charge is 0.370 e. The van der Waals surface area contributed by atoms with Crippen molar-refractivity contribution < 1.29 is 28.8 Å². The van der Waals surface area contributed by atoms with E-state index in [1.165, 1.54) is 0 Å². The Bertz CT molecular complexity index is 964. The van der Waals surface area contributed by atoms with E-state index in [1.807, 2.05) is 20.8 Å². The van der Waals surface area contributed by atoms with Crippen molar-refractivity contribution in [1.82, 2.24) is 26.6 Å². The second kappa shape index (κ2) is 23.6. The summed E-state index contributed by atoms with van der Waals surface area (Å²) in [7, 11) is 0. The van der Waals surface area contributed by atoms with Gasteiger partial charge in [0.25, 0.3) is 0 Å². The predicted molar refractivity (Wildman–Crippen MR) is 171 cm³/mol. The highest BCUT2D eigenvalue weighted by Crippen LogP contribution is 2.08. The molecule has 5 atom stereocenters. The van der Waals surface area contributed by atoms with Crippen molar-refractivity contribution in [2.24, 2.45) is 28.9 Å². The number of unbranched alkanes of at least 4 members (excludes halogenated alkanes) is 2. The predicted octanol–water partition coefficient (Wildman–Crippen LogP) is -1.74. The summed E-state index contributed by atoms with van der Waals surface area (Å²) in [4.78, 5) is 75.7. The van der Waals surface area contributed by atoms with Crippen LogP contribution in [0.15, 0.2) is 0 Å². The lowest BCUT2D eigenvalue weighted by atomic mass is 10.0. The van der Waals surface area contributed by atoms with Crippen LogP contribution in [-0.4, -0.2) is 85.1 Å². The van der Waals surface area contributed by atoms with Crippen molar-refractivity contribution in [3.05, 3.63) is 0 Å². The minimum atomic E-state index is -1.22. The average molecular weight is 640 g/mol. The molecule has 0 unspecified atom stereocenters. The van der Waals surface area contributed by atoms with Crippen LogP contribution in [0.3, 0.4) is 0 Å². The van der Waals surface area contributed by atoms with Crippen molar-refractivity contribution in [2.75, 3.05) is 13.1 Å². The highest BCUT2D eigenvalue weighted by atomic mass is 16.2. The van der Waals surface area contributed by atoms with Gasteiger partial charge in [0.1, 0.15) is 18.1 Å². The fourth-order valence-corrected chi connectivity index (χ4v) is 4.39. The van der Waals surface area contributed by atoms with Crippen LogP contribution < -0.4 is 49.5 Å². The number of carbonyl (C=O) groups is 5. The number of carbonyl (C=O) groups excluding carboxylic acids is 6. The first kappa shape index (κ1) is 41.2. The molecular formula is C29H55N10O6. The van der Waals surface area contributed by atoms with Crippen molar-refractivity contribution in [2.45, 2.75) is 122 Å². The molecule has 0 aromatic carbocycles. The Hall–Kier alpha value is -3.79. The molecule has 0 fully saturated rings. The molecule has 0 aromatic rings. The average Bonchev–Trinajstić information content (AvgIpc) is 2.97. The Morgan fingerprint density at radius 1 is 0.756 bits per heavy atom. The molecule has 1 radical (unpaired) electrons. The maximum atomic E-state index is 13.5. The summed E-state index contributed by atoms with van der Waals surface area (Å²) in [6.07, 6.45) is 5.32. The van der Waals surface area contributed by atoms with Gasteiger partial charge in [-0.3, -0.25) is 34.2 Å². The molecule has 0 aliphatic carbocycles. The van der Waals surface area contributed by atoms with E-state index < -0.39 is 59.7 Å². The van der Waals surface area contributed by atoms with E-state index in [1.54, 1.807) is 6.29 Å². The summed E-state index contributed by atoms with van der Waals surface area (Å²) < 4.78 is 0. The molecule has 0 bridgehead atoms. The number of hydrogen-bond donors (Lipinski definition) is 10. The van der Waals surface area contributed by atoms with Gasteiger partial charge in [0.2, 0.25) is 35.8 Å². The summed E-state index contributed by atoms with van der Waals surface area (Å²) in [5.41, 5.74) is 22.3. The number of rotatable bonds is 25. The SMILES string of the molecule is CCCC[C@@H]([C]=O)NC(=O)[C@H](CCC(N)=O)NC(=O)[C@H](CCCCN)NC(=O)[C@H](CCCNC(=N)N)NC(=O)[C@@H](N)CC(C)C. The molecule has 45 heavy (non-hydrogen) atoms.